The molecule has 0 aliphatic rings. The molecule has 1 aromatic carbocycles. The Bertz CT molecular complexity index is 451. The van der Waals surface area contributed by atoms with Crippen LogP contribution in [0.15, 0.2) is 41.8 Å². The number of hydrogen-bond acceptors (Lipinski definition) is 3. The molecule has 1 aromatic heterocycles. The van der Waals surface area contributed by atoms with Crippen molar-refractivity contribution in [1.29, 1.82) is 0 Å². The lowest BCUT2D eigenvalue weighted by molar-refractivity contribution is 0.214. The van der Waals surface area contributed by atoms with Gasteiger partial charge in [0, 0.05) is 10.4 Å². The van der Waals surface area contributed by atoms with Gasteiger partial charge in [0.2, 0.25) is 0 Å². The monoisotopic (exact) mass is 248 g/mol. The Kier molecular flexibility index (Phi) is 4.18. The minimum atomic E-state index is -0.594. The first-order valence-electron chi connectivity index (χ1n) is 5.76. The van der Waals surface area contributed by atoms with Crippen molar-refractivity contribution in [1.82, 2.24) is 0 Å². The van der Waals surface area contributed by atoms with Gasteiger partial charge in [-0.25, -0.2) is 0 Å². The Morgan fingerprint density at radius 3 is 2.76 bits per heavy atom. The van der Waals surface area contributed by atoms with Gasteiger partial charge in [-0.2, -0.15) is 0 Å². The van der Waals surface area contributed by atoms with E-state index in [1.807, 2.05) is 41.8 Å². The molecule has 0 aliphatic carbocycles. The molecular weight excluding hydrogens is 232 g/mol. The van der Waals surface area contributed by atoms with Gasteiger partial charge in [-0.3, -0.25) is 0 Å². The van der Waals surface area contributed by atoms with E-state index in [1.54, 1.807) is 11.3 Å². The van der Waals surface area contributed by atoms with Gasteiger partial charge in [0.15, 0.2) is 0 Å². The van der Waals surface area contributed by atoms with Crippen LogP contribution in [0.5, 0.6) is 5.75 Å². The maximum absolute atomic E-state index is 10.3. The minimum Gasteiger partial charge on any atom is -0.493 e. The Balaban J connectivity index is 2.25. The number of rotatable bonds is 5. The Labute approximate surface area is 105 Å². The molecular formula is C14H16O2S. The van der Waals surface area contributed by atoms with Crippen LogP contribution in [0.3, 0.4) is 0 Å². The second kappa shape index (κ2) is 5.84. The molecule has 0 bridgehead atoms. The zero-order valence-electron chi connectivity index (χ0n) is 9.80. The fourth-order valence-corrected chi connectivity index (χ4v) is 2.38. The van der Waals surface area contributed by atoms with Crippen molar-refractivity contribution in [2.75, 3.05) is 6.61 Å². The summed E-state index contributed by atoms with van der Waals surface area (Å²) in [5.74, 6) is 0.773. The molecule has 17 heavy (non-hydrogen) atoms. The molecule has 2 aromatic rings. The average molecular weight is 248 g/mol. The summed E-state index contributed by atoms with van der Waals surface area (Å²) < 4.78 is 5.65. The highest BCUT2D eigenvalue weighted by molar-refractivity contribution is 7.10. The average Bonchev–Trinajstić information content (AvgIpc) is 2.89. The van der Waals surface area contributed by atoms with Crippen LogP contribution in [0, 0.1) is 0 Å². The highest BCUT2D eigenvalue weighted by atomic mass is 32.1. The lowest BCUT2D eigenvalue weighted by atomic mass is 10.1. The molecule has 0 saturated heterocycles. The molecule has 1 N–H and O–H groups in total. The fraction of sp³-hybridized carbons (Fsp3) is 0.286. The van der Waals surface area contributed by atoms with E-state index in [4.69, 9.17) is 4.74 Å². The summed E-state index contributed by atoms with van der Waals surface area (Å²) in [7, 11) is 0. The lowest BCUT2D eigenvalue weighted by Gasteiger charge is -2.14. The molecule has 1 atom stereocenters. The molecule has 0 spiro atoms. The maximum Gasteiger partial charge on any atom is 0.125 e. The molecule has 1 heterocycles. The highest BCUT2D eigenvalue weighted by Gasteiger charge is 2.15. The molecule has 90 valence electrons. The first-order valence-corrected chi connectivity index (χ1v) is 6.64. The third-order valence-electron chi connectivity index (χ3n) is 2.49. The van der Waals surface area contributed by atoms with Gasteiger partial charge in [0.25, 0.3) is 0 Å². The third-order valence-corrected chi connectivity index (χ3v) is 3.41. The van der Waals surface area contributed by atoms with Crippen molar-refractivity contribution < 1.29 is 9.84 Å². The predicted octanol–water partition coefficient (Wildman–Crippen LogP) is 3.62. The summed E-state index contributed by atoms with van der Waals surface area (Å²) in [6.45, 7) is 2.74. The topological polar surface area (TPSA) is 29.5 Å². The van der Waals surface area contributed by atoms with E-state index in [2.05, 4.69) is 6.92 Å². The molecule has 2 rings (SSSR count). The second-order valence-corrected chi connectivity index (χ2v) is 4.78. The van der Waals surface area contributed by atoms with Gasteiger partial charge in [0.05, 0.1) is 6.61 Å². The largest absolute Gasteiger partial charge is 0.493 e. The summed E-state index contributed by atoms with van der Waals surface area (Å²) in [5.41, 5.74) is 0.836. The number of hydrogen-bond donors (Lipinski definition) is 1. The first-order chi connectivity index (χ1) is 8.33. The van der Waals surface area contributed by atoms with E-state index in [-0.39, 0.29) is 0 Å². The van der Waals surface area contributed by atoms with Crippen LogP contribution in [-0.4, -0.2) is 11.7 Å². The molecule has 0 radical (unpaired) electrons. The summed E-state index contributed by atoms with van der Waals surface area (Å²) >= 11 is 1.55. The van der Waals surface area contributed by atoms with Crippen LogP contribution in [0.4, 0.5) is 0 Å². The summed E-state index contributed by atoms with van der Waals surface area (Å²) in [5, 5.41) is 12.3. The standard InChI is InChI=1S/C14H16O2S/c1-2-9-16-12-7-4-3-6-11(12)14(15)13-8-5-10-17-13/h3-8,10,14-15H,2,9H2,1H3. The van der Waals surface area contributed by atoms with E-state index >= 15 is 0 Å². The predicted molar refractivity (Wildman–Crippen MR) is 70.6 cm³/mol. The van der Waals surface area contributed by atoms with E-state index < -0.39 is 6.10 Å². The van der Waals surface area contributed by atoms with Gasteiger partial charge in [-0.15, -0.1) is 11.3 Å². The van der Waals surface area contributed by atoms with Crippen molar-refractivity contribution >= 4 is 11.3 Å². The van der Waals surface area contributed by atoms with Crippen LogP contribution in [-0.2, 0) is 0 Å². The molecule has 1 unspecified atom stereocenters. The maximum atomic E-state index is 10.3. The smallest absolute Gasteiger partial charge is 0.125 e. The van der Waals surface area contributed by atoms with Crippen molar-refractivity contribution in [2.24, 2.45) is 0 Å². The summed E-state index contributed by atoms with van der Waals surface area (Å²) in [6, 6.07) is 11.5. The Morgan fingerprint density at radius 2 is 2.06 bits per heavy atom. The lowest BCUT2D eigenvalue weighted by Crippen LogP contribution is -2.03. The zero-order valence-corrected chi connectivity index (χ0v) is 10.6. The Hall–Kier alpha value is -1.32. The molecule has 3 heteroatoms. The van der Waals surface area contributed by atoms with E-state index in [0.29, 0.717) is 6.61 Å². The molecule has 2 nitrogen and oxygen atoms in total. The van der Waals surface area contributed by atoms with Crippen LogP contribution in [0.25, 0.3) is 0 Å². The van der Waals surface area contributed by atoms with Gasteiger partial charge in [0.1, 0.15) is 11.9 Å². The van der Waals surface area contributed by atoms with Crippen LogP contribution >= 0.6 is 11.3 Å². The minimum absolute atomic E-state index is 0.594. The number of benzene rings is 1. The van der Waals surface area contributed by atoms with Crippen LogP contribution < -0.4 is 4.74 Å². The second-order valence-electron chi connectivity index (χ2n) is 3.80. The van der Waals surface area contributed by atoms with Crippen molar-refractivity contribution in [2.45, 2.75) is 19.4 Å². The highest BCUT2D eigenvalue weighted by Crippen LogP contribution is 2.32. The number of aliphatic hydroxyl groups is 1. The summed E-state index contributed by atoms with van der Waals surface area (Å²) in [6.07, 6.45) is 0.367. The van der Waals surface area contributed by atoms with E-state index in [9.17, 15) is 5.11 Å². The molecule has 0 aliphatic heterocycles. The molecule has 0 saturated carbocycles. The van der Waals surface area contributed by atoms with Gasteiger partial charge in [-0.1, -0.05) is 31.2 Å². The Morgan fingerprint density at radius 1 is 1.24 bits per heavy atom. The van der Waals surface area contributed by atoms with E-state index in [1.165, 1.54) is 0 Å². The van der Waals surface area contributed by atoms with Gasteiger partial charge >= 0.3 is 0 Å². The zero-order chi connectivity index (χ0) is 12.1. The number of thiophene rings is 1. The van der Waals surface area contributed by atoms with Gasteiger partial charge < -0.3 is 9.84 Å². The normalized spacial score (nSPS) is 12.4. The summed E-state index contributed by atoms with van der Waals surface area (Å²) in [4.78, 5) is 0.942. The molecule has 0 amide bonds. The third kappa shape index (κ3) is 2.87. The van der Waals surface area contributed by atoms with Gasteiger partial charge in [-0.05, 0) is 23.9 Å². The van der Waals surface area contributed by atoms with E-state index in [0.717, 1.165) is 22.6 Å². The van der Waals surface area contributed by atoms with Crippen molar-refractivity contribution in [3.63, 3.8) is 0 Å². The van der Waals surface area contributed by atoms with Crippen LogP contribution in [0.1, 0.15) is 29.9 Å². The number of para-hydroxylation sites is 1. The van der Waals surface area contributed by atoms with Crippen LogP contribution in [0.2, 0.25) is 0 Å². The quantitative estimate of drug-likeness (QED) is 0.875. The van der Waals surface area contributed by atoms with Crippen molar-refractivity contribution in [3.8, 4) is 5.75 Å². The first kappa shape index (κ1) is 12.1. The number of aliphatic hydroxyl groups excluding tert-OH is 1. The number of ether oxygens (including phenoxy) is 1. The fourth-order valence-electron chi connectivity index (χ4n) is 1.65. The van der Waals surface area contributed by atoms with Crippen molar-refractivity contribution in [3.05, 3.63) is 52.2 Å². The SMILES string of the molecule is CCCOc1ccccc1C(O)c1cccs1. The molecule has 0 fully saturated rings.